The Labute approximate surface area is 199 Å². The number of fused-ring (bicyclic) bond motifs is 3. The third-order valence-electron chi connectivity index (χ3n) is 6.25. The van der Waals surface area contributed by atoms with Crippen LogP contribution in [-0.4, -0.2) is 55.0 Å². The first kappa shape index (κ1) is 23.5. The first-order valence-corrected chi connectivity index (χ1v) is 11.5. The van der Waals surface area contributed by atoms with E-state index < -0.39 is 18.1 Å². The lowest BCUT2D eigenvalue weighted by molar-refractivity contribution is -0.142. The van der Waals surface area contributed by atoms with Gasteiger partial charge in [-0.3, -0.25) is 4.90 Å². The molecule has 176 valence electrons. The second-order valence-corrected chi connectivity index (χ2v) is 8.39. The number of ether oxygens (including phenoxy) is 2. The summed E-state index contributed by atoms with van der Waals surface area (Å²) < 4.78 is 10.9. The number of aliphatic carboxylic acids is 1. The van der Waals surface area contributed by atoms with Crippen molar-refractivity contribution >= 4 is 12.1 Å². The maximum absolute atomic E-state index is 13.3. The Hall–Kier alpha value is -3.64. The molecule has 0 saturated heterocycles. The van der Waals surface area contributed by atoms with Gasteiger partial charge < -0.3 is 14.6 Å². The molecule has 1 amide bonds. The quantitative estimate of drug-likeness (QED) is 0.433. The maximum Gasteiger partial charge on any atom is 0.410 e. The predicted octanol–water partition coefficient (Wildman–Crippen LogP) is 4.97. The van der Waals surface area contributed by atoms with Crippen LogP contribution in [0.4, 0.5) is 4.79 Å². The molecule has 6 nitrogen and oxygen atoms in total. The van der Waals surface area contributed by atoms with Gasteiger partial charge >= 0.3 is 12.1 Å². The van der Waals surface area contributed by atoms with Crippen molar-refractivity contribution in [2.75, 3.05) is 26.9 Å². The number of hydrogen-bond acceptors (Lipinski definition) is 4. The number of carboxylic acids is 1. The van der Waals surface area contributed by atoms with E-state index in [4.69, 9.17) is 9.47 Å². The molecule has 0 aromatic heterocycles. The van der Waals surface area contributed by atoms with E-state index in [-0.39, 0.29) is 25.5 Å². The molecule has 0 heterocycles. The number of carbonyl (C=O) groups excluding carboxylic acids is 1. The zero-order valence-electron chi connectivity index (χ0n) is 19.2. The van der Waals surface area contributed by atoms with Crippen LogP contribution in [0.25, 0.3) is 11.1 Å². The molecule has 34 heavy (non-hydrogen) atoms. The number of amides is 1. The van der Waals surface area contributed by atoms with Crippen LogP contribution in [-0.2, 0) is 20.7 Å². The van der Waals surface area contributed by atoms with Crippen LogP contribution >= 0.6 is 0 Å². The van der Waals surface area contributed by atoms with E-state index in [9.17, 15) is 14.7 Å². The van der Waals surface area contributed by atoms with Crippen molar-refractivity contribution in [3.63, 3.8) is 0 Å². The molecule has 6 heteroatoms. The zero-order chi connectivity index (χ0) is 23.9. The largest absolute Gasteiger partial charge is 0.480 e. The summed E-state index contributed by atoms with van der Waals surface area (Å²) in [5.74, 6) is -1.15. The number of nitrogens with zero attached hydrogens (tertiary/aromatic N) is 1. The lowest BCUT2D eigenvalue weighted by Crippen LogP contribution is -2.47. The Bertz CT molecular complexity index is 1080. The first-order valence-electron chi connectivity index (χ1n) is 11.5. The maximum atomic E-state index is 13.3. The van der Waals surface area contributed by atoms with Crippen LogP contribution in [0.5, 0.6) is 0 Å². The van der Waals surface area contributed by atoms with Gasteiger partial charge in [-0.1, -0.05) is 78.9 Å². The predicted molar refractivity (Wildman–Crippen MR) is 130 cm³/mol. The number of carboxylic acid groups (broad SMARTS) is 1. The standard InChI is InChI=1S/C28H29NO5/c1-33-17-9-16-29(26(27(30)31)18-20-10-3-2-4-11-20)28(32)34-19-25-23-14-7-5-12-21(23)22-13-6-8-15-24(22)25/h2-8,10-15,25-26H,9,16-19H2,1H3,(H,30,31)/t26-/m1/s1. The van der Waals surface area contributed by atoms with Crippen LogP contribution in [0.3, 0.4) is 0 Å². The SMILES string of the molecule is COCCCN(C(=O)OCC1c2ccccc2-c2ccccc21)[C@H](Cc1ccccc1)C(=O)O. The first-order chi connectivity index (χ1) is 16.6. The van der Waals surface area contributed by atoms with Crippen molar-refractivity contribution in [1.29, 1.82) is 0 Å². The van der Waals surface area contributed by atoms with E-state index in [1.165, 1.54) is 4.90 Å². The summed E-state index contributed by atoms with van der Waals surface area (Å²) in [6.07, 6.45) is 0.0911. The van der Waals surface area contributed by atoms with Gasteiger partial charge in [0.1, 0.15) is 12.6 Å². The van der Waals surface area contributed by atoms with Crippen LogP contribution in [0, 0.1) is 0 Å². The average molecular weight is 460 g/mol. The van der Waals surface area contributed by atoms with Crippen molar-refractivity contribution in [2.24, 2.45) is 0 Å². The normalized spacial score (nSPS) is 13.1. The van der Waals surface area contributed by atoms with Crippen LogP contribution in [0.1, 0.15) is 29.0 Å². The molecule has 0 fully saturated rings. The number of hydrogen-bond donors (Lipinski definition) is 1. The number of carbonyl (C=O) groups is 2. The summed E-state index contributed by atoms with van der Waals surface area (Å²) in [6.45, 7) is 0.796. The summed E-state index contributed by atoms with van der Waals surface area (Å²) in [5.41, 5.74) is 5.35. The highest BCUT2D eigenvalue weighted by atomic mass is 16.6. The third-order valence-corrected chi connectivity index (χ3v) is 6.25. The molecule has 0 saturated carbocycles. The molecule has 1 aliphatic rings. The molecular weight excluding hydrogens is 430 g/mol. The van der Waals surface area contributed by atoms with Crippen molar-refractivity contribution in [2.45, 2.75) is 24.8 Å². The average Bonchev–Trinajstić information content (AvgIpc) is 3.18. The smallest absolute Gasteiger partial charge is 0.410 e. The molecular formula is C28H29NO5. The molecule has 0 spiro atoms. The Morgan fingerprint density at radius 1 is 0.912 bits per heavy atom. The molecule has 0 aliphatic heterocycles. The summed E-state index contributed by atoms with van der Waals surface area (Å²) in [4.78, 5) is 26.8. The molecule has 1 atom stereocenters. The van der Waals surface area contributed by atoms with E-state index in [2.05, 4.69) is 24.3 Å². The molecule has 1 aliphatic carbocycles. The number of benzene rings is 3. The lowest BCUT2D eigenvalue weighted by Gasteiger charge is -2.29. The van der Waals surface area contributed by atoms with Gasteiger partial charge in [0, 0.05) is 32.6 Å². The van der Waals surface area contributed by atoms with Crippen LogP contribution < -0.4 is 0 Å². The van der Waals surface area contributed by atoms with Crippen molar-refractivity contribution in [1.82, 2.24) is 4.90 Å². The molecule has 0 bridgehead atoms. The molecule has 4 rings (SSSR count). The summed E-state index contributed by atoms with van der Waals surface area (Å²) in [5, 5.41) is 9.97. The molecule has 0 radical (unpaired) electrons. The lowest BCUT2D eigenvalue weighted by atomic mass is 9.98. The summed E-state index contributed by atoms with van der Waals surface area (Å²) in [7, 11) is 1.58. The molecule has 1 N–H and O–H groups in total. The second-order valence-electron chi connectivity index (χ2n) is 8.39. The minimum absolute atomic E-state index is 0.0884. The van der Waals surface area contributed by atoms with Gasteiger partial charge in [-0.05, 0) is 34.2 Å². The summed E-state index contributed by atoms with van der Waals surface area (Å²) in [6, 6.07) is 24.5. The van der Waals surface area contributed by atoms with Crippen molar-refractivity contribution in [3.05, 3.63) is 95.6 Å². The van der Waals surface area contributed by atoms with Gasteiger partial charge in [0.15, 0.2) is 0 Å². The van der Waals surface area contributed by atoms with E-state index in [0.29, 0.717) is 13.0 Å². The number of methoxy groups -OCH3 is 1. The molecule has 3 aromatic carbocycles. The van der Waals surface area contributed by atoms with Gasteiger partial charge in [-0.15, -0.1) is 0 Å². The zero-order valence-corrected chi connectivity index (χ0v) is 19.2. The second kappa shape index (κ2) is 11.0. The fourth-order valence-electron chi connectivity index (χ4n) is 4.60. The fourth-order valence-corrected chi connectivity index (χ4v) is 4.60. The van der Waals surface area contributed by atoms with Crippen LogP contribution in [0.2, 0.25) is 0 Å². The topological polar surface area (TPSA) is 76.1 Å². The van der Waals surface area contributed by atoms with Gasteiger partial charge in [0.05, 0.1) is 0 Å². The van der Waals surface area contributed by atoms with E-state index >= 15 is 0 Å². The Morgan fingerprint density at radius 3 is 2.09 bits per heavy atom. The van der Waals surface area contributed by atoms with Gasteiger partial charge in [0.25, 0.3) is 0 Å². The number of rotatable bonds is 10. The van der Waals surface area contributed by atoms with Crippen LogP contribution in [0.15, 0.2) is 78.9 Å². The fraction of sp³-hybridized carbons (Fsp3) is 0.286. The highest BCUT2D eigenvalue weighted by Gasteiger charge is 2.33. The van der Waals surface area contributed by atoms with Gasteiger partial charge in [-0.25, -0.2) is 9.59 Å². The van der Waals surface area contributed by atoms with Gasteiger partial charge in [-0.2, -0.15) is 0 Å². The molecule has 3 aromatic rings. The molecule has 0 unspecified atom stereocenters. The Balaban J connectivity index is 1.53. The Morgan fingerprint density at radius 2 is 1.50 bits per heavy atom. The van der Waals surface area contributed by atoms with E-state index in [0.717, 1.165) is 27.8 Å². The minimum atomic E-state index is -1.06. The van der Waals surface area contributed by atoms with E-state index in [1.807, 2.05) is 54.6 Å². The van der Waals surface area contributed by atoms with Gasteiger partial charge in [0.2, 0.25) is 0 Å². The highest BCUT2D eigenvalue weighted by molar-refractivity contribution is 5.81. The van der Waals surface area contributed by atoms with E-state index in [1.54, 1.807) is 7.11 Å². The highest BCUT2D eigenvalue weighted by Crippen LogP contribution is 2.44. The monoisotopic (exact) mass is 459 g/mol. The minimum Gasteiger partial charge on any atom is -0.480 e. The van der Waals surface area contributed by atoms with Crippen molar-refractivity contribution in [3.8, 4) is 11.1 Å². The third kappa shape index (κ3) is 5.13. The van der Waals surface area contributed by atoms with Crippen molar-refractivity contribution < 1.29 is 24.2 Å². The Kier molecular flexibility index (Phi) is 7.60. The summed E-state index contributed by atoms with van der Waals surface area (Å²) >= 11 is 0.